The maximum atomic E-state index is 11.4. The minimum Gasteiger partial charge on any atom is -0.371 e. The van der Waals surface area contributed by atoms with E-state index in [4.69, 9.17) is 18.6 Å². The summed E-state index contributed by atoms with van der Waals surface area (Å²) in [6.07, 6.45) is 2.80. The lowest BCUT2D eigenvalue weighted by Gasteiger charge is -2.20. The van der Waals surface area contributed by atoms with Gasteiger partial charge in [-0.2, -0.15) is 32.2 Å². The molecule has 0 aliphatic rings. The average molecular weight is 454 g/mol. The fourth-order valence-electron chi connectivity index (χ4n) is 2.85. The van der Waals surface area contributed by atoms with E-state index >= 15 is 0 Å². The van der Waals surface area contributed by atoms with Crippen LogP contribution in [0.5, 0.6) is 11.5 Å². The third kappa shape index (κ3) is 5.33. The Morgan fingerprint density at radius 2 is 1.33 bits per heavy atom. The van der Waals surface area contributed by atoms with Crippen LogP contribution in [0.3, 0.4) is 0 Å². The zero-order chi connectivity index (χ0) is 22.1. The van der Waals surface area contributed by atoms with Crippen LogP contribution in [0.15, 0.2) is 49.1 Å². The number of aryl methyl sites for hydroxylation is 2. The summed E-state index contributed by atoms with van der Waals surface area (Å²) in [7, 11) is -8.46. The molecule has 0 fully saturated rings. The number of rotatable bonds is 7. The number of aromatic nitrogens is 3. The summed E-state index contributed by atoms with van der Waals surface area (Å²) < 4.78 is 56.8. The highest BCUT2D eigenvalue weighted by atomic mass is 32.2. The molecule has 0 spiro atoms. The molecule has 0 amide bonds. The highest BCUT2D eigenvalue weighted by Crippen LogP contribution is 2.33. The fourth-order valence-corrected chi connectivity index (χ4v) is 3.71. The number of nitrogens with zero attached hydrogens (tertiary/aromatic N) is 3. The minimum atomic E-state index is -4.23. The third-order valence-corrected chi connectivity index (χ3v) is 4.99. The molecule has 1 aromatic heterocycles. The van der Waals surface area contributed by atoms with Gasteiger partial charge in [0.15, 0.2) is 0 Å². The molecule has 0 bridgehead atoms. The second-order valence-electron chi connectivity index (χ2n) is 6.48. The summed E-state index contributed by atoms with van der Waals surface area (Å²) in [5, 5.41) is 14.2. The largest absolute Gasteiger partial charge is 0.380 e. The van der Waals surface area contributed by atoms with Crippen LogP contribution in [0.1, 0.15) is 28.3 Å². The van der Waals surface area contributed by atoms with Crippen molar-refractivity contribution >= 4 is 20.6 Å². The molecule has 0 saturated heterocycles. The quantitative estimate of drug-likeness (QED) is 0.526. The van der Waals surface area contributed by atoms with E-state index in [1.54, 1.807) is 38.1 Å². The van der Waals surface area contributed by atoms with Crippen LogP contribution in [-0.4, -0.2) is 31.6 Å². The predicted molar refractivity (Wildman–Crippen MR) is 107 cm³/mol. The third-order valence-electron chi connectivity index (χ3n) is 4.17. The van der Waals surface area contributed by atoms with E-state index in [1.165, 1.54) is 29.5 Å². The van der Waals surface area contributed by atoms with Gasteiger partial charge in [0.1, 0.15) is 30.2 Å². The van der Waals surface area contributed by atoms with Crippen LogP contribution in [0.25, 0.3) is 0 Å². The summed E-state index contributed by atoms with van der Waals surface area (Å²) in [5.74, 6) is 0.0986. The molecule has 4 N–H and O–H groups in total. The lowest BCUT2D eigenvalue weighted by Crippen LogP contribution is -2.20. The molecule has 0 saturated carbocycles. The Balaban J connectivity index is 2.15. The van der Waals surface area contributed by atoms with Gasteiger partial charge < -0.3 is 8.37 Å². The molecule has 11 nitrogen and oxygen atoms in total. The molecule has 0 aliphatic heterocycles. The Hall–Kier alpha value is -3.00. The predicted octanol–water partition coefficient (Wildman–Crippen LogP) is 0.697. The molecule has 160 valence electrons. The lowest BCUT2D eigenvalue weighted by molar-refractivity contribution is 0.484. The zero-order valence-electron chi connectivity index (χ0n) is 16.0. The van der Waals surface area contributed by atoms with Gasteiger partial charge in [-0.25, -0.2) is 9.67 Å². The lowest BCUT2D eigenvalue weighted by atomic mass is 9.96. The average Bonchev–Trinajstić information content (AvgIpc) is 3.12. The Labute approximate surface area is 173 Å². The second kappa shape index (κ2) is 8.02. The first-order chi connectivity index (χ1) is 13.9. The number of benzene rings is 2. The summed E-state index contributed by atoms with van der Waals surface area (Å²) in [6, 6.07) is 9.22. The van der Waals surface area contributed by atoms with Crippen molar-refractivity contribution in [2.75, 3.05) is 0 Å². The molecule has 30 heavy (non-hydrogen) atoms. The molecule has 13 heteroatoms. The maximum Gasteiger partial charge on any atom is 0.380 e. The van der Waals surface area contributed by atoms with Gasteiger partial charge in [-0.05, 0) is 48.2 Å². The molecule has 0 radical (unpaired) electrons. The van der Waals surface area contributed by atoms with E-state index in [1.807, 2.05) is 0 Å². The van der Waals surface area contributed by atoms with E-state index in [0.29, 0.717) is 22.3 Å². The Morgan fingerprint density at radius 3 is 1.70 bits per heavy atom. The molecule has 0 atom stereocenters. The minimum absolute atomic E-state index is 0.0493. The van der Waals surface area contributed by atoms with Gasteiger partial charge in [0.05, 0.1) is 0 Å². The van der Waals surface area contributed by atoms with E-state index in [9.17, 15) is 16.8 Å². The first-order valence-corrected chi connectivity index (χ1v) is 11.4. The Bertz CT molecular complexity index is 1190. The van der Waals surface area contributed by atoms with Crippen LogP contribution in [0.4, 0.5) is 0 Å². The van der Waals surface area contributed by atoms with Crippen LogP contribution >= 0.6 is 0 Å². The molecular weight excluding hydrogens is 434 g/mol. The SMILES string of the molecule is Cc1ccc(C(c2ccc(C)c(OS(N)(=O)=O)c2)n2cncn2)cc1OS(N)(=O)=O. The van der Waals surface area contributed by atoms with Gasteiger partial charge in [0.2, 0.25) is 0 Å². The Morgan fingerprint density at radius 1 is 0.867 bits per heavy atom. The number of hydrogen-bond acceptors (Lipinski definition) is 8. The van der Waals surface area contributed by atoms with Crippen LogP contribution in [0.2, 0.25) is 0 Å². The molecule has 3 aromatic rings. The first kappa shape index (κ1) is 21.7. The normalized spacial score (nSPS) is 12.2. The fraction of sp³-hybridized carbons (Fsp3) is 0.176. The molecule has 2 aromatic carbocycles. The van der Waals surface area contributed by atoms with Crippen molar-refractivity contribution in [2.24, 2.45) is 10.3 Å². The number of nitrogens with two attached hydrogens (primary N) is 2. The standard InChI is InChI=1S/C17H19N5O6S2/c1-11-3-5-13(7-15(11)27-29(18,23)24)17(22-10-20-9-21-22)14-6-4-12(2)16(8-14)28-30(19,25)26/h3-10,17H,1-2H3,(H2,18,23,24)(H2,19,25,26). The summed E-state index contributed by atoms with van der Waals surface area (Å²) >= 11 is 0. The van der Waals surface area contributed by atoms with Crippen molar-refractivity contribution in [3.05, 3.63) is 71.3 Å². The highest BCUT2D eigenvalue weighted by molar-refractivity contribution is 7.85. The molecule has 1 heterocycles. The summed E-state index contributed by atoms with van der Waals surface area (Å²) in [4.78, 5) is 3.95. The highest BCUT2D eigenvalue weighted by Gasteiger charge is 2.21. The maximum absolute atomic E-state index is 11.4. The van der Waals surface area contributed by atoms with Crippen molar-refractivity contribution in [3.8, 4) is 11.5 Å². The summed E-state index contributed by atoms with van der Waals surface area (Å²) in [6.45, 7) is 3.33. The second-order valence-corrected chi connectivity index (χ2v) is 8.78. The van der Waals surface area contributed by atoms with Crippen LogP contribution in [-0.2, 0) is 20.6 Å². The van der Waals surface area contributed by atoms with Gasteiger partial charge in [0, 0.05) is 0 Å². The zero-order valence-corrected chi connectivity index (χ0v) is 17.6. The van der Waals surface area contributed by atoms with E-state index < -0.39 is 26.7 Å². The van der Waals surface area contributed by atoms with Crippen molar-refractivity contribution in [3.63, 3.8) is 0 Å². The molecular formula is C17H19N5O6S2. The van der Waals surface area contributed by atoms with Crippen molar-refractivity contribution in [1.29, 1.82) is 0 Å². The van der Waals surface area contributed by atoms with Gasteiger partial charge in [0.25, 0.3) is 0 Å². The topological polar surface area (TPSA) is 169 Å². The molecule has 0 aliphatic carbocycles. The van der Waals surface area contributed by atoms with Crippen LogP contribution < -0.4 is 18.6 Å². The monoisotopic (exact) mass is 453 g/mol. The van der Waals surface area contributed by atoms with E-state index in [2.05, 4.69) is 10.1 Å². The molecule has 0 unspecified atom stereocenters. The van der Waals surface area contributed by atoms with Gasteiger partial charge in [-0.15, -0.1) is 0 Å². The number of hydrogen-bond donors (Lipinski definition) is 2. The van der Waals surface area contributed by atoms with Gasteiger partial charge in [-0.3, -0.25) is 0 Å². The van der Waals surface area contributed by atoms with Crippen molar-refractivity contribution < 1.29 is 25.2 Å². The van der Waals surface area contributed by atoms with E-state index in [0.717, 1.165) is 0 Å². The smallest absolute Gasteiger partial charge is 0.371 e. The Kier molecular flexibility index (Phi) is 5.81. The van der Waals surface area contributed by atoms with Crippen molar-refractivity contribution in [2.45, 2.75) is 19.9 Å². The molecule has 3 rings (SSSR count). The van der Waals surface area contributed by atoms with E-state index in [-0.39, 0.29) is 11.5 Å². The first-order valence-electron chi connectivity index (χ1n) is 8.42. The summed E-state index contributed by atoms with van der Waals surface area (Å²) in [5.41, 5.74) is 2.25. The van der Waals surface area contributed by atoms with Crippen molar-refractivity contribution in [1.82, 2.24) is 14.8 Å². The van der Waals surface area contributed by atoms with Gasteiger partial charge in [-0.1, -0.05) is 24.3 Å². The van der Waals surface area contributed by atoms with Gasteiger partial charge >= 0.3 is 20.6 Å². The van der Waals surface area contributed by atoms with Crippen LogP contribution in [0, 0.1) is 13.8 Å².